The Balaban J connectivity index is 1.45. The molecule has 2 N–H and O–H groups in total. The summed E-state index contributed by atoms with van der Waals surface area (Å²) in [5, 5.41) is 11.4. The van der Waals surface area contributed by atoms with Crippen molar-refractivity contribution in [3.63, 3.8) is 0 Å². The molecule has 0 radical (unpaired) electrons. The summed E-state index contributed by atoms with van der Waals surface area (Å²) in [5.74, 6) is 0.874. The van der Waals surface area contributed by atoms with Gasteiger partial charge in [-0.15, -0.1) is 0 Å². The fourth-order valence-corrected chi connectivity index (χ4v) is 3.99. The average Bonchev–Trinajstić information content (AvgIpc) is 3.40. The molecule has 1 heterocycles. The van der Waals surface area contributed by atoms with Crippen molar-refractivity contribution in [1.82, 2.24) is 20.4 Å². The van der Waals surface area contributed by atoms with E-state index < -0.39 is 0 Å². The summed E-state index contributed by atoms with van der Waals surface area (Å²) >= 11 is 0. The number of hydrogen-bond donors (Lipinski definition) is 2. The summed E-state index contributed by atoms with van der Waals surface area (Å²) in [6.45, 7) is 2.62. The third kappa shape index (κ3) is 5.58. The number of benzene rings is 1. The Morgan fingerprint density at radius 3 is 2.71 bits per heavy atom. The van der Waals surface area contributed by atoms with E-state index in [4.69, 9.17) is 4.74 Å². The van der Waals surface area contributed by atoms with Gasteiger partial charge in [-0.05, 0) is 48.8 Å². The lowest BCUT2D eigenvalue weighted by atomic mass is 9.83. The molecule has 0 aliphatic heterocycles. The van der Waals surface area contributed by atoms with Crippen LogP contribution in [0, 0.1) is 5.41 Å². The molecule has 0 saturated heterocycles. The lowest BCUT2D eigenvalue weighted by molar-refractivity contribution is 0.138. The number of hydrogen-bond acceptors (Lipinski definition) is 3. The number of aliphatic imine (C=N–C) groups is 1. The van der Waals surface area contributed by atoms with Gasteiger partial charge in [0.25, 0.3) is 0 Å². The van der Waals surface area contributed by atoms with Gasteiger partial charge in [-0.3, -0.25) is 4.99 Å². The van der Waals surface area contributed by atoms with Crippen LogP contribution in [-0.2, 0) is 11.2 Å². The van der Waals surface area contributed by atoms with Crippen LogP contribution in [0.3, 0.4) is 0 Å². The Kier molecular flexibility index (Phi) is 7.48. The Morgan fingerprint density at radius 1 is 1.21 bits per heavy atom. The fraction of sp³-hybridized carbons (Fsp3) is 0.545. The highest BCUT2D eigenvalue weighted by Gasteiger charge is 2.33. The largest absolute Gasteiger partial charge is 0.385 e. The minimum atomic E-state index is 0.352. The molecule has 1 aliphatic rings. The molecule has 0 atom stereocenters. The molecule has 152 valence electrons. The fourth-order valence-electron chi connectivity index (χ4n) is 3.99. The van der Waals surface area contributed by atoms with E-state index in [0.717, 1.165) is 44.2 Å². The van der Waals surface area contributed by atoms with Gasteiger partial charge in [-0.25, -0.2) is 4.68 Å². The number of rotatable bonds is 9. The molecule has 0 amide bonds. The second-order valence-electron chi connectivity index (χ2n) is 7.68. The van der Waals surface area contributed by atoms with E-state index in [2.05, 4.69) is 39.1 Å². The summed E-state index contributed by atoms with van der Waals surface area (Å²) in [6, 6.07) is 10.2. The van der Waals surface area contributed by atoms with E-state index in [1.165, 1.54) is 31.2 Å². The van der Waals surface area contributed by atoms with Gasteiger partial charge in [0.1, 0.15) is 0 Å². The first-order valence-electron chi connectivity index (χ1n) is 10.3. The number of nitrogens with zero attached hydrogens (tertiary/aromatic N) is 3. The van der Waals surface area contributed by atoms with E-state index in [1.807, 2.05) is 36.1 Å². The Labute approximate surface area is 168 Å². The van der Waals surface area contributed by atoms with Crippen molar-refractivity contribution >= 4 is 5.96 Å². The van der Waals surface area contributed by atoms with E-state index in [9.17, 15) is 0 Å². The van der Waals surface area contributed by atoms with Crippen LogP contribution in [0.25, 0.3) is 5.69 Å². The summed E-state index contributed by atoms with van der Waals surface area (Å²) in [5.41, 5.74) is 2.64. The van der Waals surface area contributed by atoms with Crippen LogP contribution in [0.4, 0.5) is 0 Å². The summed E-state index contributed by atoms with van der Waals surface area (Å²) in [6.07, 6.45) is 11.2. The SMILES string of the molecule is CN=C(NCCc1cnn(-c2ccccc2)c1)NCC1(CCOC)CCCC1. The molecule has 3 rings (SSSR count). The molecular formula is C22H33N5O. The van der Waals surface area contributed by atoms with Crippen LogP contribution >= 0.6 is 0 Å². The number of aromatic nitrogens is 2. The molecule has 1 fully saturated rings. The molecule has 0 spiro atoms. The summed E-state index contributed by atoms with van der Waals surface area (Å²) in [7, 11) is 3.62. The lowest BCUT2D eigenvalue weighted by Gasteiger charge is -2.29. The Hall–Kier alpha value is -2.34. The number of methoxy groups -OCH3 is 1. The topological polar surface area (TPSA) is 63.5 Å². The van der Waals surface area contributed by atoms with Gasteiger partial charge in [0.05, 0.1) is 11.9 Å². The predicted octanol–water partition coefficient (Wildman–Crippen LogP) is 3.18. The molecule has 1 aromatic heterocycles. The van der Waals surface area contributed by atoms with Crippen molar-refractivity contribution in [1.29, 1.82) is 0 Å². The maximum absolute atomic E-state index is 5.33. The smallest absolute Gasteiger partial charge is 0.191 e. The first-order valence-corrected chi connectivity index (χ1v) is 10.3. The van der Waals surface area contributed by atoms with Gasteiger partial charge in [-0.1, -0.05) is 31.0 Å². The average molecular weight is 384 g/mol. The molecule has 6 nitrogen and oxygen atoms in total. The predicted molar refractivity (Wildman–Crippen MR) is 114 cm³/mol. The molecule has 2 aromatic rings. The Bertz CT molecular complexity index is 734. The standard InChI is InChI=1S/C22H33N5O/c1-23-21(25-18-22(13-15-28-2)11-6-7-12-22)24-14-10-19-16-26-27(17-19)20-8-4-3-5-9-20/h3-5,8-9,16-17H,6-7,10-15,18H2,1-2H3,(H2,23,24,25). The molecule has 28 heavy (non-hydrogen) atoms. The zero-order chi connectivity index (χ0) is 19.7. The number of ether oxygens (including phenoxy) is 1. The summed E-state index contributed by atoms with van der Waals surface area (Å²) < 4.78 is 7.25. The van der Waals surface area contributed by atoms with Crippen LogP contribution in [0.5, 0.6) is 0 Å². The van der Waals surface area contributed by atoms with Crippen molar-refractivity contribution in [2.75, 3.05) is 33.9 Å². The van der Waals surface area contributed by atoms with E-state index in [1.54, 1.807) is 7.11 Å². The van der Waals surface area contributed by atoms with Crippen LogP contribution in [0.15, 0.2) is 47.7 Å². The highest BCUT2D eigenvalue weighted by atomic mass is 16.5. The molecule has 1 saturated carbocycles. The number of para-hydroxylation sites is 1. The van der Waals surface area contributed by atoms with E-state index in [-0.39, 0.29) is 0 Å². The molecule has 1 aromatic carbocycles. The molecule has 0 bridgehead atoms. The van der Waals surface area contributed by atoms with Gasteiger partial charge in [0, 0.05) is 40.1 Å². The number of guanidine groups is 1. The van der Waals surface area contributed by atoms with E-state index >= 15 is 0 Å². The second-order valence-corrected chi connectivity index (χ2v) is 7.68. The highest BCUT2D eigenvalue weighted by Crippen LogP contribution is 2.40. The molecular weight excluding hydrogens is 350 g/mol. The molecule has 0 unspecified atom stereocenters. The molecule has 1 aliphatic carbocycles. The Morgan fingerprint density at radius 2 is 2.00 bits per heavy atom. The minimum absolute atomic E-state index is 0.352. The van der Waals surface area contributed by atoms with Crippen molar-refractivity contribution in [3.05, 3.63) is 48.3 Å². The minimum Gasteiger partial charge on any atom is -0.385 e. The first kappa shape index (κ1) is 20.4. The van der Waals surface area contributed by atoms with Gasteiger partial charge < -0.3 is 15.4 Å². The monoisotopic (exact) mass is 383 g/mol. The lowest BCUT2D eigenvalue weighted by Crippen LogP contribution is -2.43. The second kappa shape index (κ2) is 10.3. The maximum atomic E-state index is 5.33. The normalized spacial score (nSPS) is 16.3. The summed E-state index contributed by atoms with van der Waals surface area (Å²) in [4.78, 5) is 4.39. The maximum Gasteiger partial charge on any atom is 0.191 e. The highest BCUT2D eigenvalue weighted by molar-refractivity contribution is 5.79. The van der Waals surface area contributed by atoms with Crippen LogP contribution in [0.1, 0.15) is 37.7 Å². The van der Waals surface area contributed by atoms with Gasteiger partial charge >= 0.3 is 0 Å². The zero-order valence-electron chi connectivity index (χ0n) is 17.2. The third-order valence-electron chi connectivity index (χ3n) is 5.72. The van der Waals surface area contributed by atoms with Gasteiger partial charge in [0.15, 0.2) is 5.96 Å². The quantitative estimate of drug-likeness (QED) is 0.516. The molecule has 6 heteroatoms. The van der Waals surface area contributed by atoms with Crippen molar-refractivity contribution in [2.24, 2.45) is 10.4 Å². The van der Waals surface area contributed by atoms with Crippen molar-refractivity contribution < 1.29 is 4.74 Å². The van der Waals surface area contributed by atoms with Crippen molar-refractivity contribution in [3.8, 4) is 5.69 Å². The van der Waals surface area contributed by atoms with Gasteiger partial charge in [0.2, 0.25) is 0 Å². The zero-order valence-corrected chi connectivity index (χ0v) is 17.2. The third-order valence-corrected chi connectivity index (χ3v) is 5.72. The first-order chi connectivity index (χ1) is 13.7. The van der Waals surface area contributed by atoms with E-state index in [0.29, 0.717) is 5.41 Å². The van der Waals surface area contributed by atoms with Gasteiger partial charge in [-0.2, -0.15) is 5.10 Å². The van der Waals surface area contributed by atoms with Crippen LogP contribution in [-0.4, -0.2) is 49.6 Å². The van der Waals surface area contributed by atoms with Crippen LogP contribution < -0.4 is 10.6 Å². The van der Waals surface area contributed by atoms with Crippen molar-refractivity contribution in [2.45, 2.75) is 38.5 Å². The number of nitrogens with one attached hydrogen (secondary N) is 2. The van der Waals surface area contributed by atoms with Crippen LogP contribution in [0.2, 0.25) is 0 Å².